The molecule has 0 aliphatic heterocycles. The minimum Gasteiger partial charge on any atom is -0.370 e. The number of nitrogens with one attached hydrogen (secondary N) is 2. The van der Waals surface area contributed by atoms with Gasteiger partial charge in [-0.1, -0.05) is 65.2 Å². The summed E-state index contributed by atoms with van der Waals surface area (Å²) in [5.41, 5.74) is 11.7. The first-order valence-electron chi connectivity index (χ1n) is 10.8. The molecule has 0 radical (unpaired) electrons. The van der Waals surface area contributed by atoms with Crippen molar-refractivity contribution in [3.8, 4) is 0 Å². The maximum Gasteiger partial charge on any atom is 0.188 e. The summed E-state index contributed by atoms with van der Waals surface area (Å²) in [6, 6.07) is 0. The molecule has 0 rings (SSSR count). The molecule has 0 aliphatic rings. The minimum absolute atomic E-state index is 0.587. The number of nitrogens with zero attached hydrogens (tertiary/aromatic N) is 2. The lowest BCUT2D eigenvalue weighted by atomic mass is 10.2. The summed E-state index contributed by atoms with van der Waals surface area (Å²) in [4.78, 5) is 8.72. The van der Waals surface area contributed by atoms with E-state index < -0.39 is 0 Å². The van der Waals surface area contributed by atoms with Crippen LogP contribution in [0.15, 0.2) is 9.98 Å². The molecule has 0 fully saturated rings. The molecule has 0 aliphatic carbocycles. The lowest BCUT2D eigenvalue weighted by Crippen LogP contribution is -2.32. The summed E-state index contributed by atoms with van der Waals surface area (Å²) < 4.78 is 0. The normalized spacial score (nSPS) is 12.4. The lowest BCUT2D eigenvalue weighted by Gasteiger charge is -2.06. The van der Waals surface area contributed by atoms with E-state index in [0.29, 0.717) is 11.9 Å². The SMILES string of the molecule is CCCCCCN=C(N)NCCCCCCN=C(N)NCCCCCC. The third kappa shape index (κ3) is 18.9. The summed E-state index contributed by atoms with van der Waals surface area (Å²) in [6.07, 6.45) is 14.4. The van der Waals surface area contributed by atoms with Crippen LogP contribution in [0.4, 0.5) is 0 Å². The predicted molar refractivity (Wildman–Crippen MR) is 116 cm³/mol. The molecule has 26 heavy (non-hydrogen) atoms. The summed E-state index contributed by atoms with van der Waals surface area (Å²) in [5, 5.41) is 6.37. The molecule has 0 aromatic heterocycles. The van der Waals surface area contributed by atoms with Crippen molar-refractivity contribution in [2.75, 3.05) is 26.2 Å². The van der Waals surface area contributed by atoms with Crippen molar-refractivity contribution in [3.63, 3.8) is 0 Å². The van der Waals surface area contributed by atoms with Crippen molar-refractivity contribution in [2.45, 2.75) is 90.9 Å². The number of unbranched alkanes of at least 4 members (excludes halogenated alkanes) is 9. The highest BCUT2D eigenvalue weighted by atomic mass is 15.1. The molecule has 0 saturated heterocycles. The van der Waals surface area contributed by atoms with Gasteiger partial charge in [0.1, 0.15) is 0 Å². The second-order valence-corrected chi connectivity index (χ2v) is 6.92. The van der Waals surface area contributed by atoms with Gasteiger partial charge >= 0.3 is 0 Å². The standard InChI is InChI=1S/C20H44N6/c1-3-5-7-11-15-23-19(21)25-17-13-9-10-14-18-26-20(22)24-16-12-8-6-4-2/h3-18H2,1-2H3,(H3,21,23,25)(H3,22,24,26). The van der Waals surface area contributed by atoms with E-state index in [9.17, 15) is 0 Å². The van der Waals surface area contributed by atoms with Crippen LogP contribution in [0, 0.1) is 0 Å². The first-order valence-corrected chi connectivity index (χ1v) is 10.8. The molecular weight excluding hydrogens is 324 g/mol. The highest BCUT2D eigenvalue weighted by Crippen LogP contribution is 2.00. The highest BCUT2D eigenvalue weighted by Gasteiger charge is 1.95. The van der Waals surface area contributed by atoms with Gasteiger partial charge in [0.05, 0.1) is 0 Å². The van der Waals surface area contributed by atoms with Crippen molar-refractivity contribution < 1.29 is 0 Å². The molecule has 0 saturated carbocycles. The number of nitrogens with two attached hydrogens (primary N) is 2. The Morgan fingerprint density at radius 3 is 1.42 bits per heavy atom. The molecule has 6 nitrogen and oxygen atoms in total. The maximum absolute atomic E-state index is 5.85. The molecule has 154 valence electrons. The van der Waals surface area contributed by atoms with Gasteiger partial charge < -0.3 is 22.1 Å². The van der Waals surface area contributed by atoms with Gasteiger partial charge in [0, 0.05) is 26.2 Å². The van der Waals surface area contributed by atoms with E-state index in [1.54, 1.807) is 0 Å². The van der Waals surface area contributed by atoms with Crippen LogP contribution in [0.1, 0.15) is 90.9 Å². The first kappa shape index (κ1) is 24.5. The van der Waals surface area contributed by atoms with Gasteiger partial charge in [0.2, 0.25) is 0 Å². The molecule has 0 aromatic rings. The summed E-state index contributed by atoms with van der Waals surface area (Å²) in [7, 11) is 0. The Bertz CT molecular complexity index is 354. The van der Waals surface area contributed by atoms with E-state index in [4.69, 9.17) is 11.5 Å². The van der Waals surface area contributed by atoms with Gasteiger partial charge in [-0.15, -0.1) is 0 Å². The first-order chi connectivity index (χ1) is 12.7. The zero-order chi connectivity index (χ0) is 19.3. The number of hydrogen-bond donors (Lipinski definition) is 4. The fraction of sp³-hybridized carbons (Fsp3) is 0.900. The molecule has 0 heterocycles. The molecule has 0 atom stereocenters. The average Bonchev–Trinajstić information content (AvgIpc) is 2.63. The number of rotatable bonds is 17. The van der Waals surface area contributed by atoms with Crippen molar-refractivity contribution in [2.24, 2.45) is 21.5 Å². The van der Waals surface area contributed by atoms with Crippen molar-refractivity contribution in [1.82, 2.24) is 10.6 Å². The molecular formula is C20H44N6. The Morgan fingerprint density at radius 2 is 0.962 bits per heavy atom. The highest BCUT2D eigenvalue weighted by molar-refractivity contribution is 5.78. The number of hydrogen-bond acceptors (Lipinski definition) is 2. The number of guanidine groups is 2. The predicted octanol–water partition coefficient (Wildman–Crippen LogP) is 3.52. The van der Waals surface area contributed by atoms with Crippen LogP contribution in [0.3, 0.4) is 0 Å². The van der Waals surface area contributed by atoms with E-state index in [1.807, 2.05) is 0 Å². The summed E-state index contributed by atoms with van der Waals surface area (Å²) in [6.45, 7) is 7.91. The van der Waals surface area contributed by atoms with Gasteiger partial charge in [0.15, 0.2) is 11.9 Å². The Hall–Kier alpha value is -1.46. The van der Waals surface area contributed by atoms with Crippen LogP contribution in [0.25, 0.3) is 0 Å². The molecule has 6 heteroatoms. The number of aliphatic imine (C=N–C) groups is 2. The van der Waals surface area contributed by atoms with E-state index in [0.717, 1.165) is 45.4 Å². The topological polar surface area (TPSA) is 101 Å². The third-order valence-electron chi connectivity index (χ3n) is 4.30. The van der Waals surface area contributed by atoms with Crippen LogP contribution < -0.4 is 22.1 Å². The van der Waals surface area contributed by atoms with Gasteiger partial charge in [-0.2, -0.15) is 0 Å². The van der Waals surface area contributed by atoms with E-state index >= 15 is 0 Å². The van der Waals surface area contributed by atoms with Crippen LogP contribution in [-0.2, 0) is 0 Å². The Labute approximate surface area is 161 Å². The Morgan fingerprint density at radius 1 is 0.577 bits per heavy atom. The van der Waals surface area contributed by atoms with E-state index in [-0.39, 0.29) is 0 Å². The van der Waals surface area contributed by atoms with Gasteiger partial charge in [-0.25, -0.2) is 0 Å². The Balaban J connectivity index is 3.41. The van der Waals surface area contributed by atoms with Crippen molar-refractivity contribution >= 4 is 11.9 Å². The molecule has 0 bridgehead atoms. The summed E-state index contributed by atoms with van der Waals surface area (Å²) >= 11 is 0. The fourth-order valence-electron chi connectivity index (χ4n) is 2.62. The average molecular weight is 369 g/mol. The molecule has 6 N–H and O–H groups in total. The molecule has 0 unspecified atom stereocenters. The Kier molecular flexibility index (Phi) is 18.7. The molecule has 0 spiro atoms. The maximum atomic E-state index is 5.85. The zero-order valence-electron chi connectivity index (χ0n) is 17.4. The van der Waals surface area contributed by atoms with Crippen molar-refractivity contribution in [1.29, 1.82) is 0 Å². The van der Waals surface area contributed by atoms with Crippen LogP contribution in [0.5, 0.6) is 0 Å². The van der Waals surface area contributed by atoms with Crippen molar-refractivity contribution in [3.05, 3.63) is 0 Å². The quantitative estimate of drug-likeness (QED) is 0.179. The monoisotopic (exact) mass is 368 g/mol. The van der Waals surface area contributed by atoms with Gasteiger partial charge in [-0.3, -0.25) is 9.98 Å². The molecule has 0 aromatic carbocycles. The largest absolute Gasteiger partial charge is 0.370 e. The zero-order valence-corrected chi connectivity index (χ0v) is 17.4. The fourth-order valence-corrected chi connectivity index (χ4v) is 2.62. The molecule has 0 amide bonds. The lowest BCUT2D eigenvalue weighted by molar-refractivity contribution is 0.631. The van der Waals surface area contributed by atoms with Crippen LogP contribution >= 0.6 is 0 Å². The second-order valence-electron chi connectivity index (χ2n) is 6.92. The van der Waals surface area contributed by atoms with E-state index in [1.165, 1.54) is 57.8 Å². The minimum atomic E-state index is 0.587. The second kappa shape index (κ2) is 19.9. The van der Waals surface area contributed by atoms with Gasteiger partial charge in [-0.05, 0) is 25.7 Å². The third-order valence-corrected chi connectivity index (χ3v) is 4.30. The van der Waals surface area contributed by atoms with E-state index in [2.05, 4.69) is 34.5 Å². The summed E-state index contributed by atoms with van der Waals surface area (Å²) in [5.74, 6) is 1.18. The smallest absolute Gasteiger partial charge is 0.188 e. The van der Waals surface area contributed by atoms with Gasteiger partial charge in [0.25, 0.3) is 0 Å². The van der Waals surface area contributed by atoms with Crippen LogP contribution in [-0.4, -0.2) is 38.1 Å². The van der Waals surface area contributed by atoms with Crippen LogP contribution in [0.2, 0.25) is 0 Å².